The summed E-state index contributed by atoms with van der Waals surface area (Å²) < 4.78 is 0. The maximum Gasteiger partial charge on any atom is 0.328 e. The summed E-state index contributed by atoms with van der Waals surface area (Å²) in [5.41, 5.74) is 10.8. The molecule has 0 spiro atoms. The van der Waals surface area contributed by atoms with Gasteiger partial charge in [0.2, 0.25) is 23.6 Å². The van der Waals surface area contributed by atoms with Crippen LogP contribution in [0.2, 0.25) is 0 Å². The molecule has 9 N–H and O–H groups in total. The summed E-state index contributed by atoms with van der Waals surface area (Å²) in [4.78, 5) is 58.4. The third-order valence-corrected chi connectivity index (χ3v) is 3.65. The number of amides is 4. The average Bonchev–Trinajstić information content (AvgIpc) is 2.57. The second-order valence-corrected chi connectivity index (χ2v) is 6.78. The zero-order valence-corrected chi connectivity index (χ0v) is 16.1. The Labute approximate surface area is 162 Å². The summed E-state index contributed by atoms with van der Waals surface area (Å²) >= 11 is 0. The molecule has 0 aliphatic carbocycles. The number of hydrogen-bond acceptors (Lipinski definition) is 7. The number of aliphatic hydroxyl groups excluding tert-OH is 1. The van der Waals surface area contributed by atoms with Crippen molar-refractivity contribution >= 4 is 29.6 Å². The number of nitrogens with one attached hydrogen (secondary N) is 3. The topological polar surface area (TPSA) is 214 Å². The van der Waals surface area contributed by atoms with E-state index in [0.717, 1.165) is 0 Å². The summed E-state index contributed by atoms with van der Waals surface area (Å²) in [5, 5.41) is 24.4. The van der Waals surface area contributed by atoms with Gasteiger partial charge in [0, 0.05) is 0 Å². The summed E-state index contributed by atoms with van der Waals surface area (Å²) in [7, 11) is 0. The van der Waals surface area contributed by atoms with Gasteiger partial charge >= 0.3 is 5.97 Å². The van der Waals surface area contributed by atoms with Gasteiger partial charge in [-0.25, -0.2) is 4.79 Å². The number of rotatable bonds is 12. The van der Waals surface area contributed by atoms with Gasteiger partial charge in [-0.05, 0) is 19.3 Å². The van der Waals surface area contributed by atoms with E-state index in [2.05, 4.69) is 10.6 Å². The predicted octanol–water partition coefficient (Wildman–Crippen LogP) is -3.21. The molecule has 0 saturated heterocycles. The molecule has 0 saturated carbocycles. The van der Waals surface area contributed by atoms with Crippen LogP contribution in [0, 0.1) is 5.92 Å². The molecule has 28 heavy (non-hydrogen) atoms. The first-order chi connectivity index (χ1) is 12.9. The van der Waals surface area contributed by atoms with E-state index in [1.54, 1.807) is 0 Å². The molecule has 12 nitrogen and oxygen atoms in total. The van der Waals surface area contributed by atoms with Crippen LogP contribution in [0.25, 0.3) is 0 Å². The van der Waals surface area contributed by atoms with E-state index in [1.165, 1.54) is 6.92 Å². The van der Waals surface area contributed by atoms with E-state index in [0.29, 0.717) is 6.42 Å². The van der Waals surface area contributed by atoms with Crippen molar-refractivity contribution in [2.75, 3.05) is 6.61 Å². The Balaban J connectivity index is 5.00. The van der Waals surface area contributed by atoms with E-state index < -0.39 is 66.8 Å². The molecule has 0 rings (SSSR count). The SMILES string of the molecule is CC(C)CC(N)C(=O)NC(C)C(=O)NC(CC(N)=O)C(=O)NC(CO)C(=O)O. The van der Waals surface area contributed by atoms with Crippen LogP contribution in [0.3, 0.4) is 0 Å². The van der Waals surface area contributed by atoms with E-state index in [9.17, 15) is 24.0 Å². The number of hydrogen-bond donors (Lipinski definition) is 7. The number of carboxylic acids is 1. The number of carbonyl (C=O) groups is 5. The Morgan fingerprint density at radius 3 is 1.86 bits per heavy atom. The Morgan fingerprint density at radius 1 is 0.893 bits per heavy atom. The number of nitrogens with two attached hydrogens (primary N) is 2. The van der Waals surface area contributed by atoms with Crippen LogP contribution in [0.15, 0.2) is 0 Å². The smallest absolute Gasteiger partial charge is 0.328 e. The van der Waals surface area contributed by atoms with Crippen LogP contribution in [-0.2, 0) is 24.0 Å². The number of carbonyl (C=O) groups excluding carboxylic acids is 4. The highest BCUT2D eigenvalue weighted by molar-refractivity contribution is 5.95. The third-order valence-electron chi connectivity index (χ3n) is 3.65. The van der Waals surface area contributed by atoms with Crippen LogP contribution >= 0.6 is 0 Å². The van der Waals surface area contributed by atoms with Crippen molar-refractivity contribution in [2.24, 2.45) is 17.4 Å². The van der Waals surface area contributed by atoms with Crippen molar-refractivity contribution in [1.82, 2.24) is 16.0 Å². The number of aliphatic carboxylic acids is 1. The average molecular weight is 403 g/mol. The second kappa shape index (κ2) is 11.9. The lowest BCUT2D eigenvalue weighted by Gasteiger charge is -2.23. The minimum atomic E-state index is -1.62. The second-order valence-electron chi connectivity index (χ2n) is 6.78. The highest BCUT2D eigenvalue weighted by Gasteiger charge is 2.29. The molecule has 0 aliphatic heterocycles. The maximum atomic E-state index is 12.2. The van der Waals surface area contributed by atoms with Crippen LogP contribution in [-0.4, -0.2) is 70.6 Å². The van der Waals surface area contributed by atoms with Crippen molar-refractivity contribution < 1.29 is 34.2 Å². The molecule has 0 aromatic rings. The lowest BCUT2D eigenvalue weighted by Crippen LogP contribution is -2.57. The molecule has 4 amide bonds. The van der Waals surface area contributed by atoms with Gasteiger partial charge in [0.05, 0.1) is 19.1 Å². The van der Waals surface area contributed by atoms with Gasteiger partial charge in [0.1, 0.15) is 18.1 Å². The molecular formula is C16H29N5O7. The Hall–Kier alpha value is -2.73. The molecule has 160 valence electrons. The fourth-order valence-corrected chi connectivity index (χ4v) is 2.17. The first kappa shape index (κ1) is 25.3. The highest BCUT2D eigenvalue weighted by Crippen LogP contribution is 2.03. The summed E-state index contributed by atoms with van der Waals surface area (Å²) in [6.45, 7) is 4.22. The van der Waals surface area contributed by atoms with Gasteiger partial charge in [-0.15, -0.1) is 0 Å². The van der Waals surface area contributed by atoms with Crippen molar-refractivity contribution in [3.05, 3.63) is 0 Å². The van der Waals surface area contributed by atoms with Gasteiger partial charge in [0.15, 0.2) is 0 Å². The van der Waals surface area contributed by atoms with Crippen LogP contribution < -0.4 is 27.4 Å². The van der Waals surface area contributed by atoms with Crippen LogP contribution in [0.5, 0.6) is 0 Å². The van der Waals surface area contributed by atoms with Crippen molar-refractivity contribution in [3.63, 3.8) is 0 Å². The van der Waals surface area contributed by atoms with E-state index in [-0.39, 0.29) is 5.92 Å². The van der Waals surface area contributed by atoms with E-state index in [1.807, 2.05) is 19.2 Å². The van der Waals surface area contributed by atoms with E-state index >= 15 is 0 Å². The molecule has 4 unspecified atom stereocenters. The summed E-state index contributed by atoms with van der Waals surface area (Å²) in [6, 6.07) is -5.00. The fourth-order valence-electron chi connectivity index (χ4n) is 2.17. The van der Waals surface area contributed by atoms with E-state index in [4.69, 9.17) is 21.7 Å². The largest absolute Gasteiger partial charge is 0.480 e. The Bertz CT molecular complexity index is 596. The quantitative estimate of drug-likeness (QED) is 0.175. The third kappa shape index (κ3) is 9.28. The van der Waals surface area contributed by atoms with Gasteiger partial charge in [0.25, 0.3) is 0 Å². The zero-order valence-electron chi connectivity index (χ0n) is 16.1. The first-order valence-electron chi connectivity index (χ1n) is 8.67. The molecule has 12 heteroatoms. The Kier molecular flexibility index (Phi) is 10.7. The van der Waals surface area contributed by atoms with Crippen molar-refractivity contribution in [3.8, 4) is 0 Å². The monoisotopic (exact) mass is 403 g/mol. The number of carboxylic acid groups (broad SMARTS) is 1. The standard InChI is InChI=1S/C16H29N5O7/c1-7(2)4-9(17)14(25)19-8(3)13(24)20-10(5-12(18)23)15(26)21-11(6-22)16(27)28/h7-11,22H,4-6,17H2,1-3H3,(H2,18,23)(H,19,25)(H,20,24)(H,21,26)(H,27,28). The zero-order chi connectivity index (χ0) is 22.0. The molecule has 0 heterocycles. The van der Waals surface area contributed by atoms with Gasteiger partial charge in [-0.2, -0.15) is 0 Å². The molecule has 0 fully saturated rings. The van der Waals surface area contributed by atoms with Gasteiger partial charge in [-0.3, -0.25) is 19.2 Å². The predicted molar refractivity (Wildman–Crippen MR) is 97.4 cm³/mol. The molecule has 0 bridgehead atoms. The van der Waals surface area contributed by atoms with Crippen molar-refractivity contribution in [1.29, 1.82) is 0 Å². The molecular weight excluding hydrogens is 374 g/mol. The molecule has 0 aromatic carbocycles. The lowest BCUT2D eigenvalue weighted by molar-refractivity contribution is -0.143. The minimum absolute atomic E-state index is 0.169. The molecule has 4 atom stereocenters. The fraction of sp³-hybridized carbons (Fsp3) is 0.688. The van der Waals surface area contributed by atoms with Gasteiger partial charge < -0.3 is 37.6 Å². The number of aliphatic hydroxyl groups is 1. The maximum absolute atomic E-state index is 12.2. The van der Waals surface area contributed by atoms with Crippen molar-refractivity contribution in [2.45, 2.75) is 57.8 Å². The van der Waals surface area contributed by atoms with Gasteiger partial charge in [-0.1, -0.05) is 13.8 Å². The van der Waals surface area contributed by atoms with Crippen LogP contribution in [0.1, 0.15) is 33.6 Å². The normalized spacial score (nSPS) is 15.1. The minimum Gasteiger partial charge on any atom is -0.480 e. The molecule has 0 aliphatic rings. The molecule has 0 aromatic heterocycles. The summed E-state index contributed by atoms with van der Waals surface area (Å²) in [5.74, 6) is -4.64. The number of primary amides is 1. The Morgan fingerprint density at radius 2 is 1.43 bits per heavy atom. The highest BCUT2D eigenvalue weighted by atomic mass is 16.4. The lowest BCUT2D eigenvalue weighted by atomic mass is 10.0. The summed E-state index contributed by atoms with van der Waals surface area (Å²) in [6.07, 6.45) is -0.201. The molecule has 0 radical (unpaired) electrons. The van der Waals surface area contributed by atoms with Crippen LogP contribution in [0.4, 0.5) is 0 Å². The first-order valence-corrected chi connectivity index (χ1v) is 8.67.